The topological polar surface area (TPSA) is 92.6 Å². The number of halogens is 1. The lowest BCUT2D eigenvalue weighted by atomic mass is 9.95. The van der Waals surface area contributed by atoms with E-state index in [0.29, 0.717) is 43.0 Å². The van der Waals surface area contributed by atoms with E-state index in [2.05, 4.69) is 20.4 Å². The Bertz CT molecular complexity index is 1340. The highest BCUT2D eigenvalue weighted by Crippen LogP contribution is 2.38. The lowest BCUT2D eigenvalue weighted by Gasteiger charge is -2.22. The zero-order valence-electron chi connectivity index (χ0n) is 18.4. The molecule has 1 fully saturated rings. The molecule has 0 atom stereocenters. The predicted octanol–water partition coefficient (Wildman–Crippen LogP) is 3.60. The molecule has 0 spiro atoms. The Labute approximate surface area is 190 Å². The number of aromatic nitrogens is 3. The van der Waals surface area contributed by atoms with E-state index in [0.717, 1.165) is 22.8 Å². The molecule has 0 unspecified atom stereocenters. The minimum atomic E-state index is -0.587. The number of hydroxylamine groups is 1. The SMILES string of the molecule is CCc1cccc2cc(O)cc(-c3ncc4c(N5CCNOCC5)nc(OC)nc4c3F)c12. The number of aromatic hydroxyl groups is 1. The summed E-state index contributed by atoms with van der Waals surface area (Å²) in [6.45, 7) is 4.28. The van der Waals surface area contributed by atoms with Crippen molar-refractivity contribution in [2.45, 2.75) is 13.3 Å². The van der Waals surface area contributed by atoms with Crippen LogP contribution in [-0.2, 0) is 11.3 Å². The van der Waals surface area contributed by atoms with E-state index in [1.54, 1.807) is 18.3 Å². The molecule has 0 bridgehead atoms. The molecule has 0 aliphatic carbocycles. The van der Waals surface area contributed by atoms with Gasteiger partial charge >= 0.3 is 6.01 Å². The molecule has 1 aliphatic rings. The second-order valence-electron chi connectivity index (χ2n) is 7.81. The monoisotopic (exact) mass is 449 g/mol. The fourth-order valence-electron chi connectivity index (χ4n) is 4.32. The summed E-state index contributed by atoms with van der Waals surface area (Å²) in [5.74, 6) is -0.00126. The second kappa shape index (κ2) is 8.76. The van der Waals surface area contributed by atoms with Crippen molar-refractivity contribution in [3.05, 3.63) is 47.9 Å². The molecule has 33 heavy (non-hydrogen) atoms. The summed E-state index contributed by atoms with van der Waals surface area (Å²) in [5.41, 5.74) is 4.67. The molecule has 2 aromatic carbocycles. The second-order valence-corrected chi connectivity index (χ2v) is 7.81. The van der Waals surface area contributed by atoms with Crippen molar-refractivity contribution in [3.63, 3.8) is 0 Å². The number of methoxy groups -OCH3 is 1. The van der Waals surface area contributed by atoms with Gasteiger partial charge in [-0.15, -0.1) is 0 Å². The molecular formula is C24H24FN5O3. The average molecular weight is 449 g/mol. The van der Waals surface area contributed by atoms with E-state index in [-0.39, 0.29) is 23.0 Å². The Morgan fingerprint density at radius 3 is 2.94 bits per heavy atom. The Morgan fingerprint density at radius 2 is 2.12 bits per heavy atom. The van der Waals surface area contributed by atoms with Crippen molar-refractivity contribution in [2.75, 3.05) is 38.3 Å². The van der Waals surface area contributed by atoms with E-state index in [4.69, 9.17) is 9.57 Å². The third-order valence-electron chi connectivity index (χ3n) is 5.86. The van der Waals surface area contributed by atoms with E-state index in [1.807, 2.05) is 30.0 Å². The molecule has 1 saturated heterocycles. The molecule has 9 heteroatoms. The number of aryl methyl sites for hydroxylation is 1. The number of ether oxygens (including phenoxy) is 1. The van der Waals surface area contributed by atoms with Crippen LogP contribution in [0.1, 0.15) is 12.5 Å². The minimum absolute atomic E-state index is 0.0464. The van der Waals surface area contributed by atoms with E-state index >= 15 is 4.39 Å². The van der Waals surface area contributed by atoms with Gasteiger partial charge in [-0.2, -0.15) is 9.97 Å². The maximum atomic E-state index is 16.0. The summed E-state index contributed by atoms with van der Waals surface area (Å²) in [5, 5.41) is 12.5. The summed E-state index contributed by atoms with van der Waals surface area (Å²) in [7, 11) is 1.45. The van der Waals surface area contributed by atoms with Gasteiger partial charge in [0.05, 0.1) is 19.1 Å². The molecule has 0 radical (unpaired) electrons. The smallest absolute Gasteiger partial charge is 0.318 e. The molecule has 170 valence electrons. The Morgan fingerprint density at radius 1 is 1.24 bits per heavy atom. The van der Waals surface area contributed by atoms with Crippen molar-refractivity contribution >= 4 is 27.5 Å². The van der Waals surface area contributed by atoms with Gasteiger partial charge in [0.15, 0.2) is 5.82 Å². The van der Waals surface area contributed by atoms with Crippen LogP contribution in [0, 0.1) is 5.82 Å². The highest BCUT2D eigenvalue weighted by Gasteiger charge is 2.23. The van der Waals surface area contributed by atoms with Crippen molar-refractivity contribution in [1.82, 2.24) is 20.4 Å². The maximum absolute atomic E-state index is 16.0. The van der Waals surface area contributed by atoms with Gasteiger partial charge < -0.3 is 14.7 Å². The maximum Gasteiger partial charge on any atom is 0.318 e. The van der Waals surface area contributed by atoms with Crippen LogP contribution in [0.25, 0.3) is 32.9 Å². The normalized spacial score (nSPS) is 14.6. The number of fused-ring (bicyclic) bond motifs is 2. The van der Waals surface area contributed by atoms with Crippen molar-refractivity contribution in [1.29, 1.82) is 0 Å². The quantitative estimate of drug-likeness (QED) is 0.488. The van der Waals surface area contributed by atoms with Gasteiger partial charge in [-0.25, -0.2) is 9.87 Å². The molecule has 0 saturated carbocycles. The van der Waals surface area contributed by atoms with E-state index in [1.165, 1.54) is 7.11 Å². The van der Waals surface area contributed by atoms with Crippen LogP contribution >= 0.6 is 0 Å². The lowest BCUT2D eigenvalue weighted by Crippen LogP contribution is -2.29. The first kappa shape index (κ1) is 21.3. The van der Waals surface area contributed by atoms with Crippen molar-refractivity contribution in [2.24, 2.45) is 0 Å². The van der Waals surface area contributed by atoms with Gasteiger partial charge in [0, 0.05) is 31.4 Å². The molecule has 3 heterocycles. The van der Waals surface area contributed by atoms with Gasteiger partial charge in [-0.05, 0) is 34.9 Å². The molecule has 0 amide bonds. The third kappa shape index (κ3) is 3.79. The fraction of sp³-hybridized carbons (Fsp3) is 0.292. The number of phenols is 1. The van der Waals surface area contributed by atoms with E-state index in [9.17, 15) is 5.11 Å². The molecule has 2 aromatic heterocycles. The standard InChI is InChI=1S/C24H24FN5O3/c1-3-14-5-4-6-15-11-16(31)12-17(19(14)15)21-20(25)22-18(13-26-21)23(29-24(28-22)32-2)30-8-7-27-33-10-9-30/h4-6,11-13,27,31H,3,7-10H2,1-2H3. The molecule has 1 aliphatic heterocycles. The average Bonchev–Trinajstić information content (AvgIpc) is 3.12. The Balaban J connectivity index is 1.76. The largest absolute Gasteiger partial charge is 0.508 e. The van der Waals surface area contributed by atoms with Crippen LogP contribution in [0.3, 0.4) is 0 Å². The van der Waals surface area contributed by atoms with Gasteiger partial charge in [-0.3, -0.25) is 9.82 Å². The Kier molecular flexibility index (Phi) is 5.65. The number of benzene rings is 2. The number of rotatable bonds is 4. The molecule has 4 aromatic rings. The van der Waals surface area contributed by atoms with Crippen LogP contribution in [0.4, 0.5) is 10.2 Å². The van der Waals surface area contributed by atoms with Gasteiger partial charge in [0.25, 0.3) is 0 Å². The van der Waals surface area contributed by atoms with Crippen molar-refractivity contribution in [3.8, 4) is 23.0 Å². The predicted molar refractivity (Wildman–Crippen MR) is 124 cm³/mol. The summed E-state index contributed by atoms with van der Waals surface area (Å²) in [6.07, 6.45) is 2.35. The molecule has 5 rings (SSSR count). The number of nitrogens with zero attached hydrogens (tertiary/aromatic N) is 4. The van der Waals surface area contributed by atoms with E-state index < -0.39 is 5.82 Å². The van der Waals surface area contributed by atoms with Crippen LogP contribution in [0.15, 0.2) is 36.5 Å². The van der Waals surface area contributed by atoms with Gasteiger partial charge in [-0.1, -0.05) is 25.1 Å². The molecule has 8 nitrogen and oxygen atoms in total. The number of hydrogen-bond acceptors (Lipinski definition) is 8. The van der Waals surface area contributed by atoms with Crippen molar-refractivity contribution < 1.29 is 19.1 Å². The first-order chi connectivity index (χ1) is 16.1. The Hall–Kier alpha value is -3.56. The first-order valence-electron chi connectivity index (χ1n) is 10.9. The number of hydrogen-bond donors (Lipinski definition) is 2. The highest BCUT2D eigenvalue weighted by molar-refractivity contribution is 6.01. The zero-order chi connectivity index (χ0) is 22.9. The molecule has 2 N–H and O–H groups in total. The summed E-state index contributed by atoms with van der Waals surface area (Å²) >= 11 is 0. The zero-order valence-corrected chi connectivity index (χ0v) is 18.4. The van der Waals surface area contributed by atoms with Crippen LogP contribution in [0.5, 0.6) is 11.8 Å². The molecular weight excluding hydrogens is 425 g/mol. The van der Waals surface area contributed by atoms with Gasteiger partial charge in [0.2, 0.25) is 0 Å². The number of phenolic OH excluding ortho intramolecular Hbond substituents is 1. The van der Waals surface area contributed by atoms with Crippen LogP contribution in [0.2, 0.25) is 0 Å². The third-order valence-corrected chi connectivity index (χ3v) is 5.86. The fourth-order valence-corrected chi connectivity index (χ4v) is 4.32. The lowest BCUT2D eigenvalue weighted by molar-refractivity contribution is 0.0589. The minimum Gasteiger partial charge on any atom is -0.508 e. The number of nitrogens with one attached hydrogen (secondary N) is 1. The number of anilines is 1. The summed E-state index contributed by atoms with van der Waals surface area (Å²) in [4.78, 5) is 20.6. The van der Waals surface area contributed by atoms with Crippen LogP contribution < -0.4 is 15.1 Å². The number of pyridine rings is 1. The van der Waals surface area contributed by atoms with Crippen LogP contribution in [-0.4, -0.2) is 53.4 Å². The first-order valence-corrected chi connectivity index (χ1v) is 10.9. The summed E-state index contributed by atoms with van der Waals surface area (Å²) in [6, 6.07) is 9.13. The summed E-state index contributed by atoms with van der Waals surface area (Å²) < 4.78 is 21.3. The highest BCUT2D eigenvalue weighted by atomic mass is 19.1. The van der Waals surface area contributed by atoms with Gasteiger partial charge in [0.1, 0.15) is 22.8 Å².